The number of benzene rings is 3. The Kier molecular flexibility index (Phi) is 5.06. The summed E-state index contributed by atoms with van der Waals surface area (Å²) in [6.07, 6.45) is 0. The molecule has 1 aliphatic rings. The van der Waals surface area contributed by atoms with E-state index < -0.39 is 11.8 Å². The molecule has 29 heavy (non-hydrogen) atoms. The average molecular weight is 405 g/mol. The minimum atomic E-state index is -0.479. The SMILES string of the molecule is COc1ccccc1NC1=C(c2ccccc2)C(=O)N(c2ccccc2Cl)C1=O. The summed E-state index contributed by atoms with van der Waals surface area (Å²) < 4.78 is 5.37. The van der Waals surface area contributed by atoms with Crippen molar-refractivity contribution >= 4 is 40.4 Å². The van der Waals surface area contributed by atoms with Gasteiger partial charge >= 0.3 is 0 Å². The molecule has 144 valence electrons. The van der Waals surface area contributed by atoms with Gasteiger partial charge in [0.2, 0.25) is 0 Å². The van der Waals surface area contributed by atoms with Crippen LogP contribution in [0, 0.1) is 0 Å². The van der Waals surface area contributed by atoms with E-state index in [4.69, 9.17) is 16.3 Å². The van der Waals surface area contributed by atoms with Crippen LogP contribution >= 0.6 is 11.6 Å². The molecule has 0 fully saturated rings. The Hall–Kier alpha value is -3.57. The van der Waals surface area contributed by atoms with Crippen molar-refractivity contribution in [3.8, 4) is 5.75 Å². The molecule has 2 amide bonds. The highest BCUT2D eigenvalue weighted by molar-refractivity contribution is 6.48. The molecule has 0 spiro atoms. The number of nitrogens with one attached hydrogen (secondary N) is 1. The van der Waals surface area contributed by atoms with E-state index in [0.717, 1.165) is 4.90 Å². The first-order chi connectivity index (χ1) is 14.1. The van der Waals surface area contributed by atoms with Crippen molar-refractivity contribution in [3.63, 3.8) is 0 Å². The molecule has 4 rings (SSSR count). The van der Waals surface area contributed by atoms with E-state index in [9.17, 15) is 9.59 Å². The van der Waals surface area contributed by atoms with Crippen LogP contribution in [0.15, 0.2) is 84.6 Å². The van der Waals surface area contributed by atoms with Crippen LogP contribution in [0.5, 0.6) is 5.75 Å². The monoisotopic (exact) mass is 404 g/mol. The van der Waals surface area contributed by atoms with E-state index in [-0.39, 0.29) is 11.3 Å². The number of para-hydroxylation sites is 3. The topological polar surface area (TPSA) is 58.6 Å². The smallest absolute Gasteiger partial charge is 0.282 e. The number of imide groups is 1. The molecule has 3 aromatic carbocycles. The molecule has 5 nitrogen and oxygen atoms in total. The Morgan fingerprint density at radius 1 is 0.828 bits per heavy atom. The lowest BCUT2D eigenvalue weighted by atomic mass is 10.0. The van der Waals surface area contributed by atoms with Gasteiger partial charge in [-0.1, -0.05) is 66.2 Å². The van der Waals surface area contributed by atoms with Crippen molar-refractivity contribution in [3.05, 3.63) is 95.1 Å². The van der Waals surface area contributed by atoms with E-state index in [2.05, 4.69) is 5.32 Å². The van der Waals surface area contributed by atoms with Gasteiger partial charge in [0.15, 0.2) is 0 Å². The first kappa shape index (κ1) is 18.8. The number of amides is 2. The molecular formula is C23H17ClN2O3. The third-order valence-electron chi connectivity index (χ3n) is 4.61. The minimum absolute atomic E-state index is 0.172. The third kappa shape index (κ3) is 3.37. The fourth-order valence-corrected chi connectivity index (χ4v) is 3.47. The number of anilines is 2. The lowest BCUT2D eigenvalue weighted by Gasteiger charge is -2.17. The number of carbonyl (C=O) groups excluding carboxylic acids is 2. The molecule has 1 N–H and O–H groups in total. The van der Waals surface area contributed by atoms with Gasteiger partial charge < -0.3 is 10.1 Å². The van der Waals surface area contributed by atoms with Crippen molar-refractivity contribution in [2.24, 2.45) is 0 Å². The third-order valence-corrected chi connectivity index (χ3v) is 4.93. The van der Waals surface area contributed by atoms with Crippen LogP contribution in [0.1, 0.15) is 5.56 Å². The van der Waals surface area contributed by atoms with Crippen LogP contribution in [-0.2, 0) is 9.59 Å². The van der Waals surface area contributed by atoms with Crippen LogP contribution in [0.4, 0.5) is 11.4 Å². The molecule has 1 heterocycles. The summed E-state index contributed by atoms with van der Waals surface area (Å²) in [5.41, 5.74) is 2.01. The van der Waals surface area contributed by atoms with Crippen molar-refractivity contribution in [1.29, 1.82) is 0 Å². The molecule has 0 radical (unpaired) electrons. The average Bonchev–Trinajstić information content (AvgIpc) is 2.99. The largest absolute Gasteiger partial charge is 0.495 e. The molecule has 0 saturated heterocycles. The van der Waals surface area contributed by atoms with Crippen molar-refractivity contribution in [2.75, 3.05) is 17.3 Å². The predicted molar refractivity (Wildman–Crippen MR) is 114 cm³/mol. The summed E-state index contributed by atoms with van der Waals surface area (Å²) in [5.74, 6) is -0.358. The van der Waals surface area contributed by atoms with Crippen molar-refractivity contribution < 1.29 is 14.3 Å². The van der Waals surface area contributed by atoms with Crippen LogP contribution in [0.3, 0.4) is 0 Å². The zero-order valence-corrected chi connectivity index (χ0v) is 16.3. The van der Waals surface area contributed by atoms with Crippen LogP contribution in [0.25, 0.3) is 5.57 Å². The maximum absolute atomic E-state index is 13.3. The molecule has 1 aliphatic heterocycles. The van der Waals surface area contributed by atoms with Gasteiger partial charge in [0.25, 0.3) is 11.8 Å². The summed E-state index contributed by atoms with van der Waals surface area (Å²) in [7, 11) is 1.55. The molecule has 0 bridgehead atoms. The van der Waals surface area contributed by atoms with Gasteiger partial charge in [-0.3, -0.25) is 9.59 Å². The van der Waals surface area contributed by atoms with E-state index in [0.29, 0.717) is 27.7 Å². The first-order valence-electron chi connectivity index (χ1n) is 8.95. The van der Waals surface area contributed by atoms with E-state index >= 15 is 0 Å². The van der Waals surface area contributed by atoms with Gasteiger partial charge in [-0.15, -0.1) is 0 Å². The first-order valence-corrected chi connectivity index (χ1v) is 9.32. The normalized spacial score (nSPS) is 13.8. The summed E-state index contributed by atoms with van der Waals surface area (Å²) in [6, 6.07) is 23.0. The molecular weight excluding hydrogens is 388 g/mol. The fourth-order valence-electron chi connectivity index (χ4n) is 3.25. The number of nitrogens with zero attached hydrogens (tertiary/aromatic N) is 1. The Bertz CT molecular complexity index is 1130. The number of rotatable bonds is 5. The maximum Gasteiger partial charge on any atom is 0.282 e. The van der Waals surface area contributed by atoms with E-state index in [1.165, 1.54) is 0 Å². The summed E-state index contributed by atoms with van der Waals surface area (Å²) in [4.78, 5) is 27.8. The second kappa shape index (κ2) is 7.81. The van der Waals surface area contributed by atoms with Crippen LogP contribution < -0.4 is 15.0 Å². The Labute approximate surface area is 173 Å². The van der Waals surface area contributed by atoms with E-state index in [1.807, 2.05) is 30.3 Å². The molecule has 0 aliphatic carbocycles. The van der Waals surface area contributed by atoms with Crippen molar-refractivity contribution in [1.82, 2.24) is 0 Å². The lowest BCUT2D eigenvalue weighted by Crippen LogP contribution is -2.32. The van der Waals surface area contributed by atoms with Gasteiger partial charge in [-0.05, 0) is 29.8 Å². The Balaban J connectivity index is 1.85. The second-order valence-corrected chi connectivity index (χ2v) is 6.75. The highest BCUT2D eigenvalue weighted by Gasteiger charge is 2.41. The van der Waals surface area contributed by atoms with Gasteiger partial charge in [-0.25, -0.2) is 4.90 Å². The number of hydrogen-bond acceptors (Lipinski definition) is 4. The number of hydrogen-bond donors (Lipinski definition) is 1. The Morgan fingerprint density at radius 3 is 2.21 bits per heavy atom. The lowest BCUT2D eigenvalue weighted by molar-refractivity contribution is -0.120. The highest BCUT2D eigenvalue weighted by atomic mass is 35.5. The standard InChI is InChI=1S/C23H17ClN2O3/c1-29-19-14-8-6-12-17(19)25-21-20(15-9-3-2-4-10-15)22(27)26(23(21)28)18-13-7-5-11-16(18)24/h2-14,25H,1H3. The van der Waals surface area contributed by atoms with E-state index in [1.54, 1.807) is 55.6 Å². The molecule has 0 atom stereocenters. The van der Waals surface area contributed by atoms with Crippen LogP contribution in [-0.4, -0.2) is 18.9 Å². The zero-order valence-electron chi connectivity index (χ0n) is 15.6. The molecule has 0 saturated carbocycles. The predicted octanol–water partition coefficient (Wildman–Crippen LogP) is 4.75. The van der Waals surface area contributed by atoms with Gasteiger partial charge in [-0.2, -0.15) is 0 Å². The number of ether oxygens (including phenoxy) is 1. The quantitative estimate of drug-likeness (QED) is 0.624. The Morgan fingerprint density at radius 2 is 1.48 bits per heavy atom. The molecule has 6 heteroatoms. The highest BCUT2D eigenvalue weighted by Crippen LogP contribution is 2.37. The maximum atomic E-state index is 13.3. The molecule has 0 unspecified atom stereocenters. The summed E-state index contributed by atoms with van der Waals surface area (Å²) in [5, 5.41) is 3.43. The van der Waals surface area contributed by atoms with Crippen LogP contribution in [0.2, 0.25) is 5.02 Å². The fraction of sp³-hybridized carbons (Fsp3) is 0.0435. The number of carbonyl (C=O) groups is 2. The molecule has 0 aromatic heterocycles. The number of methoxy groups -OCH3 is 1. The van der Waals surface area contributed by atoms with Crippen molar-refractivity contribution in [2.45, 2.75) is 0 Å². The molecule has 3 aromatic rings. The zero-order chi connectivity index (χ0) is 20.4. The number of halogens is 1. The van der Waals surface area contributed by atoms with Gasteiger partial charge in [0.05, 0.1) is 29.1 Å². The van der Waals surface area contributed by atoms with Gasteiger partial charge in [0.1, 0.15) is 11.4 Å². The minimum Gasteiger partial charge on any atom is -0.495 e. The van der Waals surface area contributed by atoms with Gasteiger partial charge in [0, 0.05) is 0 Å². The second-order valence-electron chi connectivity index (χ2n) is 6.34. The summed E-state index contributed by atoms with van der Waals surface area (Å²) >= 11 is 6.28. The summed E-state index contributed by atoms with van der Waals surface area (Å²) in [6.45, 7) is 0.